The summed E-state index contributed by atoms with van der Waals surface area (Å²) in [5, 5.41) is 13.3. The molecule has 0 bridgehead atoms. The number of hydrogen-bond donors (Lipinski definition) is 2. The van der Waals surface area contributed by atoms with Gasteiger partial charge in [0.2, 0.25) is 5.91 Å². The Balaban J connectivity index is 1.12. The van der Waals surface area contributed by atoms with Crippen LogP contribution < -0.4 is 11.0 Å². The third-order valence-corrected chi connectivity index (χ3v) is 10.4. The number of nitrogens with zero attached hydrogens (tertiary/aromatic N) is 5. The Hall–Kier alpha value is -4.03. The summed E-state index contributed by atoms with van der Waals surface area (Å²) in [4.78, 5) is 52.5. The molecule has 244 valence electrons. The van der Waals surface area contributed by atoms with Gasteiger partial charge in [-0.2, -0.15) is 4.98 Å². The number of carbonyl (C=O) groups is 2. The van der Waals surface area contributed by atoms with Gasteiger partial charge in [-0.15, -0.1) is 0 Å². The van der Waals surface area contributed by atoms with Gasteiger partial charge in [-0.25, -0.2) is 9.59 Å². The van der Waals surface area contributed by atoms with Crippen LogP contribution in [0.1, 0.15) is 48.8 Å². The molecule has 0 unspecified atom stereocenters. The lowest BCUT2D eigenvalue weighted by Gasteiger charge is -2.36. The molecule has 2 aliphatic rings. The summed E-state index contributed by atoms with van der Waals surface area (Å²) in [5.41, 5.74) is 3.23. The SMILES string of the molecule is O=C(N[C@H](Cc1cc(Br)c(O)c(Br)c1)C(=O)N1CCC(c2ccncc2)CC1)N1CCC(n2ccc(-c3ccccc3)nc2=O)CC1. The predicted molar refractivity (Wildman–Crippen MR) is 186 cm³/mol. The lowest BCUT2D eigenvalue weighted by molar-refractivity contribution is -0.134. The van der Waals surface area contributed by atoms with E-state index in [1.165, 1.54) is 5.56 Å². The summed E-state index contributed by atoms with van der Waals surface area (Å²) in [6.45, 7) is 2.08. The van der Waals surface area contributed by atoms with Crippen molar-refractivity contribution in [3.8, 4) is 17.0 Å². The highest BCUT2D eigenvalue weighted by Crippen LogP contribution is 2.34. The number of pyridine rings is 1. The number of hydrogen-bond acceptors (Lipinski definition) is 6. The highest BCUT2D eigenvalue weighted by Gasteiger charge is 2.32. The number of rotatable bonds is 7. The summed E-state index contributed by atoms with van der Waals surface area (Å²) in [5.74, 6) is 0.307. The second-order valence-electron chi connectivity index (χ2n) is 12.1. The van der Waals surface area contributed by atoms with Crippen molar-refractivity contribution in [2.75, 3.05) is 26.2 Å². The van der Waals surface area contributed by atoms with E-state index in [1.54, 1.807) is 40.2 Å². The van der Waals surface area contributed by atoms with E-state index >= 15 is 0 Å². The molecule has 10 nitrogen and oxygen atoms in total. The van der Waals surface area contributed by atoms with Gasteiger partial charge in [-0.1, -0.05) is 30.3 Å². The van der Waals surface area contributed by atoms with Crippen molar-refractivity contribution >= 4 is 43.8 Å². The molecule has 2 saturated heterocycles. The molecule has 0 radical (unpaired) electrons. The molecular formula is C35H36Br2N6O4. The first-order valence-corrected chi connectivity index (χ1v) is 17.4. The first kappa shape index (κ1) is 32.9. The number of aromatic nitrogens is 3. The van der Waals surface area contributed by atoms with E-state index in [4.69, 9.17) is 0 Å². The zero-order valence-corrected chi connectivity index (χ0v) is 28.9. The highest BCUT2D eigenvalue weighted by molar-refractivity contribution is 9.11. The van der Waals surface area contributed by atoms with Gasteiger partial charge in [0.1, 0.15) is 11.8 Å². The minimum Gasteiger partial charge on any atom is -0.506 e. The van der Waals surface area contributed by atoms with Gasteiger partial charge >= 0.3 is 11.7 Å². The number of amides is 3. The minimum atomic E-state index is -0.793. The first-order valence-electron chi connectivity index (χ1n) is 15.8. The van der Waals surface area contributed by atoms with Crippen LogP contribution >= 0.6 is 31.9 Å². The summed E-state index contributed by atoms with van der Waals surface area (Å²) < 4.78 is 2.66. The first-order chi connectivity index (χ1) is 22.8. The molecule has 2 fully saturated rings. The lowest BCUT2D eigenvalue weighted by Crippen LogP contribution is -2.55. The van der Waals surface area contributed by atoms with Crippen molar-refractivity contribution in [3.63, 3.8) is 0 Å². The van der Waals surface area contributed by atoms with E-state index in [9.17, 15) is 19.5 Å². The van der Waals surface area contributed by atoms with Crippen LogP contribution in [0.4, 0.5) is 4.79 Å². The van der Waals surface area contributed by atoms with E-state index in [0.717, 1.165) is 24.0 Å². The van der Waals surface area contributed by atoms with E-state index in [2.05, 4.69) is 47.1 Å². The third-order valence-electron chi connectivity index (χ3n) is 9.14. The highest BCUT2D eigenvalue weighted by atomic mass is 79.9. The lowest BCUT2D eigenvalue weighted by atomic mass is 9.89. The number of urea groups is 1. The van der Waals surface area contributed by atoms with Crippen molar-refractivity contribution in [2.45, 2.75) is 50.1 Å². The second-order valence-corrected chi connectivity index (χ2v) is 13.8. The molecule has 12 heteroatoms. The van der Waals surface area contributed by atoms with Crippen LogP contribution in [0.15, 0.2) is 93.0 Å². The van der Waals surface area contributed by atoms with E-state index in [1.807, 2.05) is 53.4 Å². The molecule has 2 aromatic heterocycles. The van der Waals surface area contributed by atoms with Crippen molar-refractivity contribution in [1.82, 2.24) is 29.7 Å². The number of halogens is 2. The van der Waals surface area contributed by atoms with E-state index in [0.29, 0.717) is 59.6 Å². The Labute approximate surface area is 290 Å². The molecule has 1 atom stereocenters. The van der Waals surface area contributed by atoms with Gasteiger partial charge in [0.05, 0.1) is 14.6 Å². The maximum Gasteiger partial charge on any atom is 0.348 e. The number of aromatic hydroxyl groups is 1. The Morgan fingerprint density at radius 1 is 0.894 bits per heavy atom. The van der Waals surface area contributed by atoms with Crippen LogP contribution in [0.25, 0.3) is 11.3 Å². The molecule has 47 heavy (non-hydrogen) atoms. The van der Waals surface area contributed by atoms with Gasteiger partial charge in [0.25, 0.3) is 0 Å². The number of piperidine rings is 2. The topological polar surface area (TPSA) is 121 Å². The molecule has 0 saturated carbocycles. The van der Waals surface area contributed by atoms with Crippen LogP contribution in [0.5, 0.6) is 5.75 Å². The number of phenols is 1. The molecule has 0 spiro atoms. The standard InChI is InChI=1S/C35H36Br2N6O4/c36-28-20-23(21-29(37)32(28)44)22-31(33(45)41-15-8-25(9-16-41)24-6-13-38-14-7-24)40-34(46)42-17-10-27(11-18-42)43-19-12-30(39-35(43)47)26-4-2-1-3-5-26/h1-7,12-14,19-21,25,27,31,44H,8-11,15-18,22H2,(H,40,46)/t31-/m1/s1. The van der Waals surface area contributed by atoms with E-state index in [-0.39, 0.29) is 35.8 Å². The van der Waals surface area contributed by atoms with Crippen molar-refractivity contribution in [2.24, 2.45) is 0 Å². The smallest absolute Gasteiger partial charge is 0.348 e. The molecule has 2 N–H and O–H groups in total. The normalized spacial score (nSPS) is 16.6. The van der Waals surface area contributed by atoms with Gasteiger partial charge in [0, 0.05) is 62.8 Å². The van der Waals surface area contributed by atoms with Crippen molar-refractivity contribution < 1.29 is 14.7 Å². The van der Waals surface area contributed by atoms with Gasteiger partial charge < -0.3 is 20.2 Å². The molecule has 4 aromatic rings. The van der Waals surface area contributed by atoms with Crippen LogP contribution in [-0.2, 0) is 11.2 Å². The van der Waals surface area contributed by atoms with Gasteiger partial charge in [-0.05, 0) is 105 Å². The Morgan fingerprint density at radius 3 is 2.17 bits per heavy atom. The fraction of sp³-hybridized carbons (Fsp3) is 0.343. The zero-order valence-electron chi connectivity index (χ0n) is 25.8. The van der Waals surface area contributed by atoms with Crippen LogP contribution in [0.2, 0.25) is 0 Å². The molecule has 4 heterocycles. The van der Waals surface area contributed by atoms with E-state index < -0.39 is 6.04 Å². The Bertz CT molecular complexity index is 1750. The summed E-state index contributed by atoms with van der Waals surface area (Å²) in [7, 11) is 0. The largest absolute Gasteiger partial charge is 0.506 e. The van der Waals surface area contributed by atoms with Crippen molar-refractivity contribution in [1.29, 1.82) is 0 Å². The molecule has 2 aliphatic heterocycles. The fourth-order valence-electron chi connectivity index (χ4n) is 6.51. The number of benzene rings is 2. The molecule has 3 amide bonds. The van der Waals surface area contributed by atoms with Gasteiger partial charge in [-0.3, -0.25) is 14.3 Å². The minimum absolute atomic E-state index is 0.0744. The quantitative estimate of drug-likeness (QED) is 0.242. The zero-order chi connectivity index (χ0) is 32.9. The molecular weight excluding hydrogens is 728 g/mol. The maximum absolute atomic E-state index is 14.0. The number of likely N-dealkylation sites (tertiary alicyclic amines) is 2. The van der Waals surface area contributed by atoms with Gasteiger partial charge in [0.15, 0.2) is 0 Å². The van der Waals surface area contributed by atoms with Crippen LogP contribution in [0.3, 0.4) is 0 Å². The number of nitrogens with one attached hydrogen (secondary N) is 1. The van der Waals surface area contributed by atoms with Crippen LogP contribution in [-0.4, -0.2) is 73.6 Å². The molecule has 0 aliphatic carbocycles. The average Bonchev–Trinajstić information content (AvgIpc) is 3.11. The van der Waals surface area contributed by atoms with Crippen LogP contribution in [0, 0.1) is 0 Å². The maximum atomic E-state index is 14.0. The second kappa shape index (κ2) is 14.8. The monoisotopic (exact) mass is 762 g/mol. The number of carbonyl (C=O) groups excluding carboxylic acids is 2. The summed E-state index contributed by atoms with van der Waals surface area (Å²) in [6, 6.07) is 17.9. The predicted octanol–water partition coefficient (Wildman–Crippen LogP) is 5.90. The summed E-state index contributed by atoms with van der Waals surface area (Å²) >= 11 is 6.77. The number of phenolic OH excluding ortho intramolecular Hbond substituents is 1. The average molecular weight is 765 g/mol. The Morgan fingerprint density at radius 2 is 1.53 bits per heavy atom. The third kappa shape index (κ3) is 7.76. The molecule has 6 rings (SSSR count). The van der Waals surface area contributed by atoms with Crippen molar-refractivity contribution in [3.05, 3.63) is 110 Å². The Kier molecular flexibility index (Phi) is 10.4. The molecule has 2 aromatic carbocycles. The summed E-state index contributed by atoms with van der Waals surface area (Å²) in [6.07, 6.45) is 8.51. The fourth-order valence-corrected chi connectivity index (χ4v) is 7.79.